The SMILES string of the molecule is Cc1ccc(C)c(NC(=O)c2nn3c(C4CC4)nnc3s2)c1. The van der Waals surface area contributed by atoms with Crippen LogP contribution in [0.3, 0.4) is 0 Å². The van der Waals surface area contributed by atoms with Gasteiger partial charge in [0.2, 0.25) is 9.97 Å². The third kappa shape index (κ3) is 2.27. The maximum Gasteiger partial charge on any atom is 0.286 e. The Hall–Kier alpha value is -2.28. The van der Waals surface area contributed by atoms with Gasteiger partial charge in [0.1, 0.15) is 0 Å². The lowest BCUT2D eigenvalue weighted by Gasteiger charge is -2.07. The number of nitrogens with zero attached hydrogens (tertiary/aromatic N) is 4. The van der Waals surface area contributed by atoms with Gasteiger partial charge in [-0.25, -0.2) is 0 Å². The highest BCUT2D eigenvalue weighted by molar-refractivity contribution is 7.18. The van der Waals surface area contributed by atoms with Gasteiger partial charge in [0.05, 0.1) is 0 Å². The molecular weight excluding hydrogens is 298 g/mol. The summed E-state index contributed by atoms with van der Waals surface area (Å²) < 4.78 is 1.71. The molecule has 1 saturated carbocycles. The Morgan fingerprint density at radius 3 is 2.91 bits per heavy atom. The van der Waals surface area contributed by atoms with Crippen LogP contribution in [0.15, 0.2) is 18.2 Å². The molecule has 1 aliphatic rings. The molecule has 3 aromatic rings. The lowest BCUT2D eigenvalue weighted by molar-refractivity contribution is 0.102. The minimum atomic E-state index is -0.203. The van der Waals surface area contributed by atoms with Gasteiger partial charge < -0.3 is 5.32 Å². The van der Waals surface area contributed by atoms with Gasteiger partial charge in [-0.2, -0.15) is 4.52 Å². The van der Waals surface area contributed by atoms with Crippen LogP contribution >= 0.6 is 11.3 Å². The van der Waals surface area contributed by atoms with Crippen LogP contribution in [0.2, 0.25) is 0 Å². The number of benzene rings is 1. The highest BCUT2D eigenvalue weighted by Crippen LogP contribution is 2.39. The Bertz CT molecular complexity index is 877. The average Bonchev–Trinajstić information content (AvgIpc) is 3.10. The minimum Gasteiger partial charge on any atom is -0.320 e. The average molecular weight is 313 g/mol. The van der Waals surface area contributed by atoms with Gasteiger partial charge in [-0.15, -0.1) is 15.3 Å². The van der Waals surface area contributed by atoms with Crippen LogP contribution in [0.25, 0.3) is 4.96 Å². The van der Waals surface area contributed by atoms with E-state index >= 15 is 0 Å². The van der Waals surface area contributed by atoms with E-state index < -0.39 is 0 Å². The van der Waals surface area contributed by atoms with Gasteiger partial charge >= 0.3 is 0 Å². The number of aryl methyl sites for hydroxylation is 2. The molecule has 1 aliphatic carbocycles. The molecule has 0 atom stereocenters. The third-order valence-corrected chi connectivity index (χ3v) is 4.69. The predicted molar refractivity (Wildman–Crippen MR) is 84.5 cm³/mol. The van der Waals surface area contributed by atoms with E-state index in [1.807, 2.05) is 32.0 Å². The molecule has 4 rings (SSSR count). The number of carbonyl (C=O) groups excluding carboxylic acids is 1. The van der Waals surface area contributed by atoms with Crippen molar-refractivity contribution >= 4 is 27.9 Å². The third-order valence-electron chi connectivity index (χ3n) is 3.79. The summed E-state index contributed by atoms with van der Waals surface area (Å²) in [5.74, 6) is 1.12. The highest BCUT2D eigenvalue weighted by Gasteiger charge is 2.30. The number of hydrogen-bond acceptors (Lipinski definition) is 5. The standard InChI is InChI=1S/C15H15N5OS/c1-8-3-4-9(2)11(7-8)16-13(21)14-19-20-12(10-5-6-10)17-18-15(20)22-14/h3-4,7,10H,5-6H2,1-2H3,(H,16,21). The highest BCUT2D eigenvalue weighted by atomic mass is 32.1. The summed E-state index contributed by atoms with van der Waals surface area (Å²) in [5.41, 5.74) is 2.95. The van der Waals surface area contributed by atoms with E-state index in [2.05, 4.69) is 20.6 Å². The summed E-state index contributed by atoms with van der Waals surface area (Å²) in [6.45, 7) is 3.97. The second-order valence-electron chi connectivity index (χ2n) is 5.71. The van der Waals surface area contributed by atoms with Gasteiger partial charge in [-0.3, -0.25) is 4.79 Å². The van der Waals surface area contributed by atoms with Gasteiger partial charge in [0, 0.05) is 11.6 Å². The summed E-state index contributed by atoms with van der Waals surface area (Å²) in [6.07, 6.45) is 2.25. The van der Waals surface area contributed by atoms with Gasteiger partial charge in [-0.05, 0) is 43.9 Å². The van der Waals surface area contributed by atoms with Crippen molar-refractivity contribution < 1.29 is 4.79 Å². The van der Waals surface area contributed by atoms with Crippen LogP contribution in [0.1, 0.15) is 45.5 Å². The van der Waals surface area contributed by atoms with Crippen molar-refractivity contribution in [3.63, 3.8) is 0 Å². The van der Waals surface area contributed by atoms with Crippen LogP contribution < -0.4 is 5.32 Å². The molecule has 112 valence electrons. The molecule has 7 heteroatoms. The van der Waals surface area contributed by atoms with Gasteiger partial charge in [-0.1, -0.05) is 23.5 Å². The first-order valence-electron chi connectivity index (χ1n) is 7.22. The van der Waals surface area contributed by atoms with Crippen molar-refractivity contribution in [3.8, 4) is 0 Å². The van der Waals surface area contributed by atoms with Crippen molar-refractivity contribution in [1.82, 2.24) is 19.8 Å². The summed E-state index contributed by atoms with van der Waals surface area (Å²) >= 11 is 1.27. The number of fused-ring (bicyclic) bond motifs is 1. The number of rotatable bonds is 3. The molecule has 0 bridgehead atoms. The quantitative estimate of drug-likeness (QED) is 0.807. The Kier molecular flexibility index (Phi) is 2.97. The lowest BCUT2D eigenvalue weighted by atomic mass is 10.1. The Morgan fingerprint density at radius 2 is 2.14 bits per heavy atom. The maximum atomic E-state index is 12.4. The first-order chi connectivity index (χ1) is 10.6. The fraction of sp³-hybridized carbons (Fsp3) is 0.333. The largest absolute Gasteiger partial charge is 0.320 e. The molecule has 2 heterocycles. The summed E-state index contributed by atoms with van der Waals surface area (Å²) in [5, 5.41) is 16.0. The first-order valence-corrected chi connectivity index (χ1v) is 8.04. The van der Waals surface area contributed by atoms with E-state index in [4.69, 9.17) is 0 Å². The molecule has 2 aromatic heterocycles. The molecule has 22 heavy (non-hydrogen) atoms. The number of carbonyl (C=O) groups is 1. The maximum absolute atomic E-state index is 12.4. The molecule has 1 aromatic carbocycles. The number of aromatic nitrogens is 4. The Labute approximate surface area is 131 Å². The normalized spacial score (nSPS) is 14.5. The van der Waals surface area contributed by atoms with Crippen molar-refractivity contribution in [2.24, 2.45) is 0 Å². The number of hydrogen-bond donors (Lipinski definition) is 1. The van der Waals surface area contributed by atoms with E-state index in [0.29, 0.717) is 15.9 Å². The molecule has 1 amide bonds. The Balaban J connectivity index is 1.63. The molecule has 0 radical (unpaired) electrons. The first kappa shape index (κ1) is 13.4. The summed E-state index contributed by atoms with van der Waals surface area (Å²) in [4.78, 5) is 13.1. The minimum absolute atomic E-state index is 0.203. The van der Waals surface area contributed by atoms with Crippen molar-refractivity contribution in [2.75, 3.05) is 5.32 Å². The number of amides is 1. The van der Waals surface area contributed by atoms with E-state index in [1.54, 1.807) is 4.52 Å². The van der Waals surface area contributed by atoms with Crippen LogP contribution in [-0.2, 0) is 0 Å². The smallest absolute Gasteiger partial charge is 0.286 e. The fourth-order valence-corrected chi connectivity index (χ4v) is 3.11. The van der Waals surface area contributed by atoms with E-state index in [1.165, 1.54) is 11.3 Å². The summed E-state index contributed by atoms with van der Waals surface area (Å²) in [6, 6.07) is 5.98. The van der Waals surface area contributed by atoms with E-state index in [0.717, 1.165) is 35.5 Å². The monoisotopic (exact) mass is 313 g/mol. The van der Waals surface area contributed by atoms with Crippen molar-refractivity contribution in [2.45, 2.75) is 32.6 Å². The van der Waals surface area contributed by atoms with Crippen molar-refractivity contribution in [1.29, 1.82) is 0 Å². The van der Waals surface area contributed by atoms with Gasteiger partial charge in [0.15, 0.2) is 5.82 Å². The number of anilines is 1. The topological polar surface area (TPSA) is 72.2 Å². The summed E-state index contributed by atoms with van der Waals surface area (Å²) in [7, 11) is 0. The molecular formula is C15H15N5OS. The molecule has 0 unspecified atom stereocenters. The second-order valence-corrected chi connectivity index (χ2v) is 6.66. The molecule has 0 spiro atoms. The molecule has 1 N–H and O–H groups in total. The van der Waals surface area contributed by atoms with Crippen LogP contribution in [-0.4, -0.2) is 25.7 Å². The van der Waals surface area contributed by atoms with E-state index in [-0.39, 0.29) is 5.91 Å². The molecule has 0 saturated heterocycles. The molecule has 1 fully saturated rings. The fourth-order valence-electron chi connectivity index (χ4n) is 2.37. The zero-order chi connectivity index (χ0) is 15.3. The van der Waals surface area contributed by atoms with E-state index in [9.17, 15) is 4.79 Å². The van der Waals surface area contributed by atoms with Crippen LogP contribution in [0.4, 0.5) is 5.69 Å². The predicted octanol–water partition coefficient (Wildman–Crippen LogP) is 2.93. The second kappa shape index (κ2) is 4.88. The number of nitrogens with one attached hydrogen (secondary N) is 1. The zero-order valence-electron chi connectivity index (χ0n) is 12.3. The van der Waals surface area contributed by atoms with Crippen LogP contribution in [0.5, 0.6) is 0 Å². The Morgan fingerprint density at radius 1 is 1.32 bits per heavy atom. The lowest BCUT2D eigenvalue weighted by Crippen LogP contribution is -2.13. The van der Waals surface area contributed by atoms with Crippen molar-refractivity contribution in [3.05, 3.63) is 40.2 Å². The van der Waals surface area contributed by atoms with Gasteiger partial charge in [0.25, 0.3) is 5.91 Å². The van der Waals surface area contributed by atoms with Crippen LogP contribution in [0, 0.1) is 13.8 Å². The zero-order valence-corrected chi connectivity index (χ0v) is 13.1. The molecule has 0 aliphatic heterocycles. The molecule has 6 nitrogen and oxygen atoms in total.